The van der Waals surface area contributed by atoms with E-state index in [1.807, 2.05) is 23.1 Å². The van der Waals surface area contributed by atoms with Crippen LogP contribution in [0.25, 0.3) is 0 Å². The van der Waals surface area contributed by atoms with Gasteiger partial charge in [0.05, 0.1) is 11.5 Å². The number of amides is 1. The molecule has 0 spiro atoms. The van der Waals surface area contributed by atoms with Crippen LogP contribution >= 0.6 is 11.8 Å². The van der Waals surface area contributed by atoms with E-state index >= 15 is 0 Å². The molecule has 1 fully saturated rings. The van der Waals surface area contributed by atoms with Crippen LogP contribution in [0.4, 0.5) is 0 Å². The SMILES string of the molecule is CC1(O)CCN(C(=O)C2CSc3ccccc32)C1. The zero-order valence-electron chi connectivity index (χ0n) is 10.4. The first kappa shape index (κ1) is 12.1. The highest BCUT2D eigenvalue weighted by molar-refractivity contribution is 7.99. The van der Waals surface area contributed by atoms with Crippen LogP contribution in [0.15, 0.2) is 29.2 Å². The second-order valence-electron chi connectivity index (χ2n) is 5.41. The van der Waals surface area contributed by atoms with Gasteiger partial charge >= 0.3 is 0 Å². The minimum Gasteiger partial charge on any atom is -0.388 e. The molecule has 0 aliphatic carbocycles. The molecule has 0 radical (unpaired) electrons. The zero-order valence-corrected chi connectivity index (χ0v) is 11.2. The second kappa shape index (κ2) is 4.28. The molecule has 2 heterocycles. The van der Waals surface area contributed by atoms with Crippen molar-refractivity contribution >= 4 is 17.7 Å². The van der Waals surface area contributed by atoms with E-state index in [0.29, 0.717) is 19.5 Å². The lowest BCUT2D eigenvalue weighted by Gasteiger charge is -2.22. The van der Waals surface area contributed by atoms with Crippen molar-refractivity contribution in [3.05, 3.63) is 29.8 Å². The Labute approximate surface area is 111 Å². The van der Waals surface area contributed by atoms with E-state index in [9.17, 15) is 9.90 Å². The fourth-order valence-electron chi connectivity index (χ4n) is 2.72. The van der Waals surface area contributed by atoms with E-state index in [2.05, 4.69) is 6.07 Å². The number of carbonyl (C=O) groups is 1. The summed E-state index contributed by atoms with van der Waals surface area (Å²) in [6, 6.07) is 8.13. The second-order valence-corrected chi connectivity index (χ2v) is 6.47. The lowest BCUT2D eigenvalue weighted by atomic mass is 10.00. The molecule has 3 rings (SSSR count). The lowest BCUT2D eigenvalue weighted by molar-refractivity contribution is -0.132. The van der Waals surface area contributed by atoms with Gasteiger partial charge in [0, 0.05) is 23.7 Å². The minimum atomic E-state index is -0.707. The van der Waals surface area contributed by atoms with Crippen molar-refractivity contribution in [2.24, 2.45) is 0 Å². The number of carbonyl (C=O) groups excluding carboxylic acids is 1. The van der Waals surface area contributed by atoms with Gasteiger partial charge in [-0.05, 0) is 25.0 Å². The van der Waals surface area contributed by atoms with E-state index in [1.165, 1.54) is 4.90 Å². The van der Waals surface area contributed by atoms with Crippen molar-refractivity contribution in [2.45, 2.75) is 29.8 Å². The Morgan fingerprint density at radius 2 is 2.28 bits per heavy atom. The average molecular weight is 263 g/mol. The predicted molar refractivity (Wildman–Crippen MR) is 71.7 cm³/mol. The Balaban J connectivity index is 1.79. The molecule has 2 unspecified atom stereocenters. The minimum absolute atomic E-state index is 0.0277. The number of nitrogens with zero attached hydrogens (tertiary/aromatic N) is 1. The predicted octanol–water partition coefficient (Wildman–Crippen LogP) is 1.86. The zero-order chi connectivity index (χ0) is 12.8. The summed E-state index contributed by atoms with van der Waals surface area (Å²) in [5.74, 6) is 0.974. The molecule has 1 aromatic carbocycles. The molecule has 18 heavy (non-hydrogen) atoms. The number of rotatable bonds is 1. The Bertz CT molecular complexity index is 486. The van der Waals surface area contributed by atoms with E-state index < -0.39 is 5.60 Å². The molecule has 2 aliphatic heterocycles. The first-order valence-corrected chi connectivity index (χ1v) is 7.28. The van der Waals surface area contributed by atoms with Crippen LogP contribution in [-0.2, 0) is 4.79 Å². The van der Waals surface area contributed by atoms with Gasteiger partial charge in [0.25, 0.3) is 0 Å². The monoisotopic (exact) mass is 263 g/mol. The molecule has 1 aromatic rings. The van der Waals surface area contributed by atoms with Gasteiger partial charge in [0.1, 0.15) is 0 Å². The standard InChI is InChI=1S/C14H17NO2S/c1-14(17)6-7-15(9-14)13(16)11-8-18-12-5-3-2-4-10(11)12/h2-5,11,17H,6-9H2,1H3. The molecule has 1 saturated heterocycles. The van der Waals surface area contributed by atoms with E-state index in [4.69, 9.17) is 0 Å². The van der Waals surface area contributed by atoms with Crippen molar-refractivity contribution in [1.29, 1.82) is 0 Å². The molecule has 96 valence electrons. The molecule has 0 aromatic heterocycles. The van der Waals surface area contributed by atoms with Gasteiger partial charge in [0.15, 0.2) is 0 Å². The maximum atomic E-state index is 12.5. The van der Waals surface area contributed by atoms with Crippen LogP contribution in [0, 0.1) is 0 Å². The van der Waals surface area contributed by atoms with Gasteiger partial charge < -0.3 is 10.0 Å². The van der Waals surface area contributed by atoms with Crippen LogP contribution < -0.4 is 0 Å². The van der Waals surface area contributed by atoms with Crippen LogP contribution in [0.5, 0.6) is 0 Å². The largest absolute Gasteiger partial charge is 0.388 e. The van der Waals surface area contributed by atoms with E-state index in [-0.39, 0.29) is 11.8 Å². The van der Waals surface area contributed by atoms with Gasteiger partial charge in [-0.25, -0.2) is 0 Å². The van der Waals surface area contributed by atoms with Crippen molar-refractivity contribution in [3.63, 3.8) is 0 Å². The highest BCUT2D eigenvalue weighted by atomic mass is 32.2. The summed E-state index contributed by atoms with van der Waals surface area (Å²) in [4.78, 5) is 15.5. The molecule has 4 heteroatoms. The number of benzene rings is 1. The summed E-state index contributed by atoms with van der Waals surface area (Å²) < 4.78 is 0. The maximum absolute atomic E-state index is 12.5. The van der Waals surface area contributed by atoms with Crippen LogP contribution in [0.1, 0.15) is 24.8 Å². The molecular weight excluding hydrogens is 246 g/mol. The molecule has 3 nitrogen and oxygen atoms in total. The molecule has 1 N–H and O–H groups in total. The Morgan fingerprint density at radius 3 is 3.00 bits per heavy atom. The number of aliphatic hydroxyl groups is 1. The number of fused-ring (bicyclic) bond motifs is 1. The third kappa shape index (κ3) is 2.04. The summed E-state index contributed by atoms with van der Waals surface area (Å²) in [6.07, 6.45) is 0.681. The summed E-state index contributed by atoms with van der Waals surface area (Å²) >= 11 is 1.75. The van der Waals surface area contributed by atoms with Crippen molar-refractivity contribution in [2.75, 3.05) is 18.8 Å². The first-order chi connectivity index (χ1) is 8.57. The summed E-state index contributed by atoms with van der Waals surface area (Å²) in [5.41, 5.74) is 0.444. The number of hydrogen-bond acceptors (Lipinski definition) is 3. The average Bonchev–Trinajstić information content (AvgIpc) is 2.91. The van der Waals surface area contributed by atoms with Crippen LogP contribution in [0.3, 0.4) is 0 Å². The maximum Gasteiger partial charge on any atom is 0.231 e. The Kier molecular flexibility index (Phi) is 2.87. The van der Waals surface area contributed by atoms with Gasteiger partial charge in [-0.15, -0.1) is 11.8 Å². The van der Waals surface area contributed by atoms with Crippen molar-refractivity contribution in [1.82, 2.24) is 4.90 Å². The van der Waals surface area contributed by atoms with E-state index in [0.717, 1.165) is 11.3 Å². The van der Waals surface area contributed by atoms with Gasteiger partial charge in [-0.1, -0.05) is 18.2 Å². The summed E-state index contributed by atoms with van der Waals surface area (Å²) in [7, 11) is 0. The van der Waals surface area contributed by atoms with Gasteiger partial charge in [-0.3, -0.25) is 4.79 Å². The van der Waals surface area contributed by atoms with E-state index in [1.54, 1.807) is 18.7 Å². The molecule has 0 bridgehead atoms. The highest BCUT2D eigenvalue weighted by Crippen LogP contribution is 2.40. The van der Waals surface area contributed by atoms with Gasteiger partial charge in [-0.2, -0.15) is 0 Å². The lowest BCUT2D eigenvalue weighted by Crippen LogP contribution is -2.36. The molecule has 2 atom stereocenters. The first-order valence-electron chi connectivity index (χ1n) is 6.30. The van der Waals surface area contributed by atoms with Crippen molar-refractivity contribution in [3.8, 4) is 0 Å². The summed E-state index contributed by atoms with van der Waals surface area (Å²) in [6.45, 7) is 2.95. The molecular formula is C14H17NO2S. The number of likely N-dealkylation sites (tertiary alicyclic amines) is 1. The Morgan fingerprint density at radius 1 is 1.50 bits per heavy atom. The van der Waals surface area contributed by atoms with Gasteiger partial charge in [0.2, 0.25) is 5.91 Å². The van der Waals surface area contributed by atoms with Crippen molar-refractivity contribution < 1.29 is 9.90 Å². The fourth-order valence-corrected chi connectivity index (χ4v) is 3.94. The topological polar surface area (TPSA) is 40.5 Å². The normalized spacial score (nSPS) is 30.6. The summed E-state index contributed by atoms with van der Waals surface area (Å²) in [5, 5.41) is 9.95. The quantitative estimate of drug-likeness (QED) is 0.841. The number of β-amino-alcohol motifs (C(OH)–C–C–N with tert-alkyl or cyclic N) is 1. The van der Waals surface area contributed by atoms with Crippen LogP contribution in [-0.4, -0.2) is 40.4 Å². The fraction of sp³-hybridized carbons (Fsp3) is 0.500. The third-order valence-corrected chi connectivity index (χ3v) is 4.94. The molecule has 0 saturated carbocycles. The number of thioether (sulfide) groups is 1. The highest BCUT2D eigenvalue weighted by Gasteiger charge is 2.38. The smallest absolute Gasteiger partial charge is 0.231 e. The van der Waals surface area contributed by atoms with Crippen LogP contribution in [0.2, 0.25) is 0 Å². The molecule has 1 amide bonds. The Hall–Kier alpha value is -1.00. The third-order valence-electron chi connectivity index (χ3n) is 3.76. The molecule has 2 aliphatic rings. The number of hydrogen-bond donors (Lipinski definition) is 1.